The summed E-state index contributed by atoms with van der Waals surface area (Å²) in [6, 6.07) is 0. The fraction of sp³-hybridized carbons (Fsp3) is 0.111. The second-order valence-electron chi connectivity index (χ2n) is 2.42. The molecule has 0 bridgehead atoms. The Morgan fingerprint density at radius 2 is 1.64 bits per heavy atom. The van der Waals surface area contributed by atoms with Gasteiger partial charge in [0.25, 0.3) is 0 Å². The van der Waals surface area contributed by atoms with Crippen LogP contribution < -0.4 is 5.73 Å². The molecule has 5 heteroatoms. The molecule has 2 N–H and O–H groups in total. The quantitative estimate of drug-likeness (QED) is 0.336. The molecule has 0 amide bonds. The van der Waals surface area contributed by atoms with Gasteiger partial charge in [-0.15, -0.1) is 5.92 Å². The van der Waals surface area contributed by atoms with E-state index in [9.17, 15) is 8.78 Å². The molecule has 0 aliphatic rings. The monoisotopic (exact) mass is 323 g/mol. The second kappa shape index (κ2) is 4.28. The highest BCUT2D eigenvalue weighted by Gasteiger charge is 2.18. The summed E-state index contributed by atoms with van der Waals surface area (Å²) in [5.74, 6) is 3.15. The molecule has 0 aliphatic heterocycles. The van der Waals surface area contributed by atoms with E-state index < -0.39 is 11.6 Å². The van der Waals surface area contributed by atoms with E-state index in [-0.39, 0.29) is 20.2 Å². The first kappa shape index (κ1) is 11.5. The van der Waals surface area contributed by atoms with E-state index in [4.69, 9.17) is 5.73 Å². The smallest absolute Gasteiger partial charge is 0.176 e. The number of benzene rings is 1. The van der Waals surface area contributed by atoms with E-state index in [0.717, 1.165) is 0 Å². The highest BCUT2D eigenvalue weighted by Crippen LogP contribution is 2.34. The summed E-state index contributed by atoms with van der Waals surface area (Å²) in [6.45, 7) is 1.58. The molecule has 14 heavy (non-hydrogen) atoms. The number of nitrogen functional groups attached to an aromatic ring is 1. The summed E-state index contributed by atoms with van der Waals surface area (Å²) in [5.41, 5.74) is 5.89. The van der Waals surface area contributed by atoms with Crippen molar-refractivity contribution in [2.75, 3.05) is 5.73 Å². The molecule has 1 aromatic rings. The number of hydrogen-bond acceptors (Lipinski definition) is 1. The minimum absolute atomic E-state index is 0.0509. The lowest BCUT2D eigenvalue weighted by Crippen LogP contribution is -2.00. The largest absolute Gasteiger partial charge is 0.397 e. The lowest BCUT2D eigenvalue weighted by molar-refractivity contribution is 0.500. The van der Waals surface area contributed by atoms with E-state index in [2.05, 4.69) is 43.7 Å². The molecule has 1 rings (SSSR count). The second-order valence-corrected chi connectivity index (χ2v) is 4.01. The van der Waals surface area contributed by atoms with Crippen molar-refractivity contribution in [1.29, 1.82) is 0 Å². The lowest BCUT2D eigenvalue weighted by Gasteiger charge is -2.07. The van der Waals surface area contributed by atoms with Gasteiger partial charge < -0.3 is 5.73 Å². The topological polar surface area (TPSA) is 26.0 Å². The molecule has 0 aromatic heterocycles. The molecule has 0 spiro atoms. The zero-order valence-corrected chi connectivity index (χ0v) is 10.3. The van der Waals surface area contributed by atoms with Crippen molar-refractivity contribution in [1.82, 2.24) is 0 Å². The highest BCUT2D eigenvalue weighted by molar-refractivity contribution is 9.11. The van der Waals surface area contributed by atoms with Gasteiger partial charge in [0, 0.05) is 0 Å². The molecule has 74 valence electrons. The van der Waals surface area contributed by atoms with Gasteiger partial charge >= 0.3 is 0 Å². The van der Waals surface area contributed by atoms with Gasteiger partial charge in [0.15, 0.2) is 11.6 Å². The van der Waals surface area contributed by atoms with Crippen molar-refractivity contribution in [3.8, 4) is 11.8 Å². The summed E-state index contributed by atoms with van der Waals surface area (Å²) in [6.07, 6.45) is 0. The number of nitrogens with two attached hydrogens (primary N) is 1. The standard InChI is InChI=1S/C9H5Br2F2N/c1-2-3-4-5(10)7(12)8(13)6(11)9(4)14/h14H2,1H3. The van der Waals surface area contributed by atoms with Gasteiger partial charge in [-0.1, -0.05) is 5.92 Å². The van der Waals surface area contributed by atoms with Gasteiger partial charge in [0.05, 0.1) is 20.2 Å². The number of hydrogen-bond donors (Lipinski definition) is 1. The average Bonchev–Trinajstić information content (AvgIpc) is 2.19. The van der Waals surface area contributed by atoms with E-state index in [1.165, 1.54) is 0 Å². The Balaban J connectivity index is 3.65. The van der Waals surface area contributed by atoms with Crippen LogP contribution in [-0.4, -0.2) is 0 Å². The van der Waals surface area contributed by atoms with E-state index in [0.29, 0.717) is 0 Å². The third-order valence-electron chi connectivity index (χ3n) is 1.55. The molecule has 0 saturated carbocycles. The predicted molar refractivity (Wildman–Crippen MR) is 58.7 cm³/mol. The van der Waals surface area contributed by atoms with Crippen molar-refractivity contribution < 1.29 is 8.78 Å². The van der Waals surface area contributed by atoms with Gasteiger partial charge in [-0.3, -0.25) is 0 Å². The van der Waals surface area contributed by atoms with Crippen LogP contribution in [0.5, 0.6) is 0 Å². The fourth-order valence-electron chi connectivity index (χ4n) is 0.896. The number of rotatable bonds is 0. The van der Waals surface area contributed by atoms with Gasteiger partial charge in [-0.25, -0.2) is 8.78 Å². The first-order chi connectivity index (χ1) is 6.50. The van der Waals surface area contributed by atoms with Gasteiger partial charge in [-0.05, 0) is 38.8 Å². The zero-order valence-electron chi connectivity index (χ0n) is 7.09. The van der Waals surface area contributed by atoms with E-state index in [1.807, 2.05) is 0 Å². The minimum atomic E-state index is -1.02. The molecule has 0 unspecified atom stereocenters. The van der Waals surface area contributed by atoms with Crippen molar-refractivity contribution in [3.05, 3.63) is 26.1 Å². The maximum absolute atomic E-state index is 13.2. The van der Waals surface area contributed by atoms with Crippen molar-refractivity contribution in [2.45, 2.75) is 6.92 Å². The van der Waals surface area contributed by atoms with Crippen LogP contribution >= 0.6 is 31.9 Å². The normalized spacial score (nSPS) is 9.50. The van der Waals surface area contributed by atoms with Crippen molar-refractivity contribution in [3.63, 3.8) is 0 Å². The molecule has 1 aromatic carbocycles. The first-order valence-corrected chi connectivity index (χ1v) is 5.13. The Hall–Kier alpha value is -0.600. The van der Waals surface area contributed by atoms with E-state index >= 15 is 0 Å². The molecule has 1 nitrogen and oxygen atoms in total. The molecule has 0 atom stereocenters. The third kappa shape index (κ3) is 1.77. The van der Waals surface area contributed by atoms with Gasteiger partial charge in [-0.2, -0.15) is 0 Å². The summed E-state index contributed by atoms with van der Waals surface area (Å²) >= 11 is 5.75. The minimum Gasteiger partial charge on any atom is -0.397 e. The highest BCUT2D eigenvalue weighted by atomic mass is 79.9. The molecular formula is C9H5Br2F2N. The van der Waals surface area contributed by atoms with Crippen LogP contribution in [0, 0.1) is 23.5 Å². The number of halogens is 4. The van der Waals surface area contributed by atoms with Crippen molar-refractivity contribution >= 4 is 37.5 Å². The number of anilines is 1. The lowest BCUT2D eigenvalue weighted by atomic mass is 10.1. The Morgan fingerprint density at radius 1 is 1.14 bits per heavy atom. The maximum Gasteiger partial charge on any atom is 0.176 e. The van der Waals surface area contributed by atoms with Crippen LogP contribution in [0.15, 0.2) is 8.95 Å². The molecule has 0 radical (unpaired) electrons. The molecular weight excluding hydrogens is 320 g/mol. The first-order valence-electron chi connectivity index (χ1n) is 3.54. The average molecular weight is 325 g/mol. The van der Waals surface area contributed by atoms with Crippen LogP contribution in [0.2, 0.25) is 0 Å². The van der Waals surface area contributed by atoms with E-state index in [1.54, 1.807) is 6.92 Å². The Kier molecular flexibility index (Phi) is 3.51. The molecule has 0 aliphatic carbocycles. The Morgan fingerprint density at radius 3 is 2.14 bits per heavy atom. The molecule has 0 fully saturated rings. The maximum atomic E-state index is 13.2. The predicted octanol–water partition coefficient (Wildman–Crippen LogP) is 3.44. The zero-order chi connectivity index (χ0) is 10.9. The van der Waals surface area contributed by atoms with Gasteiger partial charge in [0.1, 0.15) is 0 Å². The summed E-state index contributed by atoms with van der Waals surface area (Å²) < 4.78 is 26.1. The summed E-state index contributed by atoms with van der Waals surface area (Å²) in [7, 11) is 0. The molecule has 0 heterocycles. The van der Waals surface area contributed by atoms with Crippen LogP contribution in [0.4, 0.5) is 14.5 Å². The van der Waals surface area contributed by atoms with Crippen LogP contribution in [0.25, 0.3) is 0 Å². The van der Waals surface area contributed by atoms with Gasteiger partial charge in [0.2, 0.25) is 0 Å². The van der Waals surface area contributed by atoms with Crippen LogP contribution in [0.3, 0.4) is 0 Å². The molecule has 0 saturated heterocycles. The Labute approximate surface area is 96.9 Å². The van der Waals surface area contributed by atoms with Crippen LogP contribution in [0.1, 0.15) is 12.5 Å². The van der Waals surface area contributed by atoms with Crippen molar-refractivity contribution in [2.24, 2.45) is 0 Å². The fourth-order valence-corrected chi connectivity index (χ4v) is 1.75. The van der Waals surface area contributed by atoms with Crippen LogP contribution in [-0.2, 0) is 0 Å². The summed E-state index contributed by atoms with van der Waals surface area (Å²) in [5, 5.41) is 0. The Bertz CT molecular complexity index is 417. The summed E-state index contributed by atoms with van der Waals surface area (Å²) in [4.78, 5) is 0. The SMILES string of the molecule is CC#Cc1c(N)c(Br)c(F)c(F)c1Br. The third-order valence-corrected chi connectivity index (χ3v) is 3.07.